The average Bonchev–Trinajstić information content (AvgIpc) is 2.82. The fourth-order valence-corrected chi connectivity index (χ4v) is 3.99. The molecule has 190 valence electrons. The van der Waals surface area contributed by atoms with Crippen molar-refractivity contribution in [1.29, 1.82) is 0 Å². The van der Waals surface area contributed by atoms with Crippen molar-refractivity contribution in [3.05, 3.63) is 40.2 Å². The van der Waals surface area contributed by atoms with Crippen LogP contribution < -0.4 is 20.3 Å². The van der Waals surface area contributed by atoms with Crippen molar-refractivity contribution >= 4 is 16.6 Å². The Morgan fingerprint density at radius 3 is 2.35 bits per heavy atom. The number of hydrogen-bond donors (Lipinski definition) is 1. The summed E-state index contributed by atoms with van der Waals surface area (Å²) in [6.07, 6.45) is 11.9. The Balaban J connectivity index is 2.59. The molecule has 0 amide bonds. The van der Waals surface area contributed by atoms with Crippen molar-refractivity contribution in [2.45, 2.75) is 99.0 Å². The third-order valence-corrected chi connectivity index (χ3v) is 6.00. The predicted molar refractivity (Wildman–Crippen MR) is 146 cm³/mol. The van der Waals surface area contributed by atoms with Gasteiger partial charge >= 0.3 is 0 Å². The van der Waals surface area contributed by atoms with E-state index in [1.165, 1.54) is 31.3 Å². The number of aryl methyl sites for hydroxylation is 1. The van der Waals surface area contributed by atoms with Crippen molar-refractivity contribution in [3.63, 3.8) is 0 Å². The van der Waals surface area contributed by atoms with E-state index in [1.807, 2.05) is 22.8 Å². The molecule has 34 heavy (non-hydrogen) atoms. The van der Waals surface area contributed by atoms with Crippen LogP contribution in [-0.4, -0.2) is 24.3 Å². The summed E-state index contributed by atoms with van der Waals surface area (Å²) >= 11 is 0. The van der Waals surface area contributed by atoms with Gasteiger partial charge in [-0.3, -0.25) is 4.79 Å². The van der Waals surface area contributed by atoms with E-state index in [2.05, 4.69) is 46.0 Å². The van der Waals surface area contributed by atoms with Gasteiger partial charge in [-0.1, -0.05) is 70.9 Å². The van der Waals surface area contributed by atoms with Gasteiger partial charge in [-0.2, -0.15) is 0 Å². The van der Waals surface area contributed by atoms with E-state index >= 15 is 0 Å². The van der Waals surface area contributed by atoms with Crippen LogP contribution in [0.25, 0.3) is 10.9 Å². The maximum atomic E-state index is 13.7. The highest BCUT2D eigenvalue weighted by molar-refractivity contribution is 5.98. The highest BCUT2D eigenvalue weighted by Gasteiger charge is 2.22. The quantitative estimate of drug-likeness (QED) is 0.190. The van der Waals surface area contributed by atoms with Gasteiger partial charge in [0.1, 0.15) is 6.61 Å². The zero-order chi connectivity index (χ0) is 24.8. The number of aromatic nitrogens is 1. The number of fused-ring (bicyclic) bond motifs is 1. The van der Waals surface area contributed by atoms with Crippen LogP contribution in [0.1, 0.15) is 92.4 Å². The first-order chi connectivity index (χ1) is 16.5. The number of unbranched alkanes of at least 4 members (excludes halogenated alkanes) is 6. The first-order valence-electron chi connectivity index (χ1n) is 13.4. The molecular weight excluding hydrogens is 424 g/mol. The van der Waals surface area contributed by atoms with E-state index in [-0.39, 0.29) is 5.56 Å². The van der Waals surface area contributed by atoms with Gasteiger partial charge in [0.2, 0.25) is 5.75 Å². The molecular formula is C29H46N2O3. The Morgan fingerprint density at radius 2 is 1.65 bits per heavy atom. The molecule has 1 N–H and O–H groups in total. The van der Waals surface area contributed by atoms with Gasteiger partial charge in [-0.25, -0.2) is 0 Å². The minimum Gasteiger partial charge on any atom is -0.485 e. The van der Waals surface area contributed by atoms with Crippen LogP contribution in [0.4, 0.5) is 5.69 Å². The highest BCUT2D eigenvalue weighted by Crippen LogP contribution is 2.38. The van der Waals surface area contributed by atoms with Gasteiger partial charge in [-0.05, 0) is 51.3 Å². The van der Waals surface area contributed by atoms with Crippen molar-refractivity contribution in [1.82, 2.24) is 4.57 Å². The number of hydrogen-bond acceptors (Lipinski definition) is 4. The van der Waals surface area contributed by atoms with Crippen LogP contribution in [0.15, 0.2) is 34.6 Å². The summed E-state index contributed by atoms with van der Waals surface area (Å²) in [5.41, 5.74) is 3.00. The van der Waals surface area contributed by atoms with Crippen LogP contribution in [0, 0.1) is 0 Å². The summed E-state index contributed by atoms with van der Waals surface area (Å²) in [7, 11) is 0. The molecule has 1 heterocycles. The number of anilines is 1. The first kappa shape index (κ1) is 27.8. The Kier molecular flexibility index (Phi) is 12.7. The van der Waals surface area contributed by atoms with Crippen molar-refractivity contribution in [2.75, 3.05) is 25.1 Å². The maximum absolute atomic E-state index is 13.7. The van der Waals surface area contributed by atoms with Crippen LogP contribution in [-0.2, 0) is 6.54 Å². The van der Waals surface area contributed by atoms with Crippen molar-refractivity contribution in [2.24, 2.45) is 0 Å². The summed E-state index contributed by atoms with van der Waals surface area (Å²) in [4.78, 5) is 13.7. The SMILES string of the molecule is CCCCCCOc1c(OCC=C(C)C)c2c(NCCCCC)cccc2n(CCCC)c1=O. The lowest BCUT2D eigenvalue weighted by Gasteiger charge is -2.21. The first-order valence-corrected chi connectivity index (χ1v) is 13.4. The molecule has 0 radical (unpaired) electrons. The lowest BCUT2D eigenvalue weighted by Crippen LogP contribution is -2.24. The van der Waals surface area contributed by atoms with Crippen LogP contribution in [0.2, 0.25) is 0 Å². The molecule has 0 saturated carbocycles. The van der Waals surface area contributed by atoms with Crippen LogP contribution in [0.3, 0.4) is 0 Å². The second kappa shape index (κ2) is 15.5. The zero-order valence-electron chi connectivity index (χ0n) is 22.2. The van der Waals surface area contributed by atoms with E-state index in [9.17, 15) is 4.79 Å². The number of nitrogens with one attached hydrogen (secondary N) is 1. The van der Waals surface area contributed by atoms with Gasteiger partial charge in [0.15, 0.2) is 5.75 Å². The molecule has 0 bridgehead atoms. The molecule has 0 spiro atoms. The Labute approximate surface area is 206 Å². The lowest BCUT2D eigenvalue weighted by atomic mass is 10.1. The predicted octanol–water partition coefficient (Wildman–Crippen LogP) is 7.71. The van der Waals surface area contributed by atoms with Crippen LogP contribution in [0.5, 0.6) is 11.5 Å². The summed E-state index contributed by atoms with van der Waals surface area (Å²) in [5, 5.41) is 4.55. The summed E-state index contributed by atoms with van der Waals surface area (Å²) in [6.45, 7) is 13.2. The molecule has 0 aliphatic heterocycles. The van der Waals surface area contributed by atoms with Crippen LogP contribution >= 0.6 is 0 Å². The largest absolute Gasteiger partial charge is 0.485 e. The maximum Gasteiger partial charge on any atom is 0.297 e. The standard InChI is InChI=1S/C29H46N2O3/c1-6-9-12-14-21-33-28-27(34-22-18-23(4)5)26-24(30-19-13-10-7-2)16-15-17-25(26)31(29(28)32)20-11-8-3/h15-18,30H,6-14,19-22H2,1-5H3. The number of benzene rings is 1. The molecule has 0 atom stereocenters. The fraction of sp³-hybridized carbons (Fsp3) is 0.621. The number of allylic oxidation sites excluding steroid dienone is 1. The van der Waals surface area contributed by atoms with Gasteiger partial charge in [0, 0.05) is 18.8 Å². The highest BCUT2D eigenvalue weighted by atomic mass is 16.5. The molecule has 5 nitrogen and oxygen atoms in total. The Bertz CT molecular complexity index is 958. The Morgan fingerprint density at radius 1 is 0.912 bits per heavy atom. The molecule has 2 rings (SSSR count). The minimum absolute atomic E-state index is 0.0909. The normalized spacial score (nSPS) is 11.0. The average molecular weight is 471 g/mol. The molecule has 2 aromatic rings. The summed E-state index contributed by atoms with van der Waals surface area (Å²) < 4.78 is 14.4. The molecule has 0 unspecified atom stereocenters. The molecule has 0 aliphatic carbocycles. The van der Waals surface area contributed by atoms with E-state index in [1.54, 1.807) is 0 Å². The van der Waals surface area contributed by atoms with Crippen molar-refractivity contribution < 1.29 is 9.47 Å². The summed E-state index contributed by atoms with van der Waals surface area (Å²) in [6, 6.07) is 6.14. The van der Waals surface area contributed by atoms with E-state index in [0.29, 0.717) is 31.3 Å². The van der Waals surface area contributed by atoms with Gasteiger partial charge in [0.05, 0.1) is 17.5 Å². The number of rotatable bonds is 17. The van der Waals surface area contributed by atoms with Gasteiger partial charge < -0.3 is 19.4 Å². The molecule has 0 saturated heterocycles. The second-order valence-electron chi connectivity index (χ2n) is 9.30. The third kappa shape index (κ3) is 8.11. The minimum atomic E-state index is -0.0909. The zero-order valence-corrected chi connectivity index (χ0v) is 22.2. The summed E-state index contributed by atoms with van der Waals surface area (Å²) in [5.74, 6) is 0.921. The molecule has 1 aromatic heterocycles. The molecule has 5 heteroatoms. The third-order valence-electron chi connectivity index (χ3n) is 6.00. The molecule has 0 aliphatic rings. The monoisotopic (exact) mass is 470 g/mol. The van der Waals surface area contributed by atoms with E-state index in [0.717, 1.165) is 55.2 Å². The van der Waals surface area contributed by atoms with E-state index in [4.69, 9.17) is 9.47 Å². The lowest BCUT2D eigenvalue weighted by molar-refractivity contribution is 0.272. The van der Waals surface area contributed by atoms with Gasteiger partial charge in [-0.15, -0.1) is 0 Å². The Hall–Kier alpha value is -2.43. The topological polar surface area (TPSA) is 52.5 Å². The fourth-order valence-electron chi connectivity index (χ4n) is 3.99. The molecule has 0 fully saturated rings. The van der Waals surface area contributed by atoms with E-state index < -0.39 is 0 Å². The van der Waals surface area contributed by atoms with Gasteiger partial charge in [0.25, 0.3) is 5.56 Å². The van der Waals surface area contributed by atoms with Crippen molar-refractivity contribution in [3.8, 4) is 11.5 Å². The molecule has 1 aromatic carbocycles. The number of ether oxygens (including phenoxy) is 2. The number of nitrogens with zero attached hydrogens (tertiary/aromatic N) is 1. The second-order valence-corrected chi connectivity index (χ2v) is 9.30. The number of pyridine rings is 1. The smallest absolute Gasteiger partial charge is 0.297 e.